The van der Waals surface area contributed by atoms with Gasteiger partial charge < -0.3 is 0 Å². The van der Waals surface area contributed by atoms with Crippen LogP contribution in [0.5, 0.6) is 0 Å². The summed E-state index contributed by atoms with van der Waals surface area (Å²) in [6.45, 7) is 29.3. The second-order valence-corrected chi connectivity index (χ2v) is 31.5. The summed E-state index contributed by atoms with van der Waals surface area (Å²) in [5.41, 5.74) is 23.8. The van der Waals surface area contributed by atoms with Crippen molar-refractivity contribution in [2.45, 2.75) is 129 Å². The van der Waals surface area contributed by atoms with Crippen molar-refractivity contribution in [2.75, 3.05) is 26.4 Å². The summed E-state index contributed by atoms with van der Waals surface area (Å²) in [5.74, 6) is 3.14. The summed E-state index contributed by atoms with van der Waals surface area (Å²) in [7, 11) is 0. The van der Waals surface area contributed by atoms with Gasteiger partial charge in [-0.3, -0.25) is 0 Å². The average molecular weight is 1330 g/mol. The molecule has 8 aliphatic heterocycles. The van der Waals surface area contributed by atoms with Crippen molar-refractivity contribution in [3.05, 3.63) is 238 Å². The maximum atomic E-state index is 7.05. The van der Waals surface area contributed by atoms with Gasteiger partial charge in [-0.1, -0.05) is 83.1 Å². The molecule has 8 nitrogen and oxygen atoms in total. The molecule has 4 unspecified atom stereocenters. The topological polar surface area (TPSA) is 49.9 Å². The molecule has 9 heteroatoms. The number of benzene rings is 8. The first-order valence-electron chi connectivity index (χ1n) is 31.0. The van der Waals surface area contributed by atoms with E-state index in [-0.39, 0.29) is 45.8 Å². The van der Waals surface area contributed by atoms with E-state index in [2.05, 4.69) is 273 Å². The molecule has 87 heavy (non-hydrogen) atoms. The summed E-state index contributed by atoms with van der Waals surface area (Å²) >= 11 is -0.973. The van der Waals surface area contributed by atoms with Gasteiger partial charge in [0.05, 0.1) is 0 Å². The molecule has 0 aromatic heterocycles. The van der Waals surface area contributed by atoms with E-state index in [1.54, 1.807) is 0 Å². The first kappa shape index (κ1) is 54.5. The first-order chi connectivity index (χ1) is 41.6. The second-order valence-electron chi connectivity index (χ2n) is 28.9. The first-order valence-corrected chi connectivity index (χ1v) is 33.3. The normalized spacial score (nSPS) is 20.6. The number of hydrogen-bond donors (Lipinski definition) is 0. The molecule has 16 rings (SSSR count). The zero-order chi connectivity index (χ0) is 59.8. The summed E-state index contributed by atoms with van der Waals surface area (Å²) in [5, 5.41) is 0. The zero-order valence-corrected chi connectivity index (χ0v) is 54.2. The van der Waals surface area contributed by atoms with Gasteiger partial charge in [-0.25, -0.2) is 0 Å². The predicted octanol–water partition coefficient (Wildman–Crippen LogP) is 17.2. The van der Waals surface area contributed by atoms with Gasteiger partial charge in [-0.05, 0) is 21.7 Å². The fourth-order valence-electron chi connectivity index (χ4n) is 14.1. The summed E-state index contributed by atoms with van der Waals surface area (Å²) in [6, 6.07) is 67.9. The van der Waals surface area contributed by atoms with Crippen LogP contribution >= 0.6 is 0 Å². The quantitative estimate of drug-likeness (QED) is 0.153. The van der Waals surface area contributed by atoms with Crippen molar-refractivity contribution in [3.63, 3.8) is 0 Å². The Bertz CT molecular complexity index is 3800. The number of fused-ring (bicyclic) bond motifs is 8. The predicted molar refractivity (Wildman–Crippen MR) is 344 cm³/mol. The van der Waals surface area contributed by atoms with Gasteiger partial charge in [0, 0.05) is 0 Å². The minimum atomic E-state index is -0.973. The van der Waals surface area contributed by atoms with Crippen LogP contribution in [-0.2, 0) is 58.2 Å². The van der Waals surface area contributed by atoms with Gasteiger partial charge in [-0.15, -0.1) is 0 Å². The Morgan fingerprint density at radius 3 is 0.770 bits per heavy atom. The van der Waals surface area contributed by atoms with Crippen molar-refractivity contribution in [1.29, 1.82) is 0 Å². The molecule has 4 fully saturated rings. The Labute approximate surface area is 521 Å². The van der Waals surface area contributed by atoms with Crippen LogP contribution in [0, 0.1) is 12.1 Å². The molecular formula is C78H74N4O4Pt-2. The molecule has 8 heterocycles. The van der Waals surface area contributed by atoms with Crippen LogP contribution in [0.1, 0.15) is 152 Å². The Kier molecular flexibility index (Phi) is 12.1. The molecule has 8 aliphatic rings. The molecule has 4 atom stereocenters. The molecule has 0 aliphatic carbocycles. The molecule has 0 spiro atoms. The Morgan fingerprint density at radius 2 is 0.552 bits per heavy atom. The van der Waals surface area contributed by atoms with E-state index >= 15 is 0 Å². The molecule has 8 aromatic rings. The molecule has 6 bridgehead atoms. The monoisotopic (exact) mass is 1330 g/mol. The Hall–Kier alpha value is -7.93. The van der Waals surface area contributed by atoms with Gasteiger partial charge in [0.15, 0.2) is 0 Å². The van der Waals surface area contributed by atoms with E-state index in [1.165, 1.54) is 86.2 Å². The van der Waals surface area contributed by atoms with Gasteiger partial charge in [0.25, 0.3) is 0 Å². The fourth-order valence-corrected chi connectivity index (χ4v) is 18.0. The molecule has 8 aromatic carbocycles. The van der Waals surface area contributed by atoms with Gasteiger partial charge in [0.2, 0.25) is 0 Å². The zero-order valence-electron chi connectivity index (χ0n) is 51.9. The third-order valence-electron chi connectivity index (χ3n) is 19.1. The molecular weight excluding hydrogens is 1250 g/mol. The van der Waals surface area contributed by atoms with Crippen LogP contribution in [0.15, 0.2) is 181 Å². The second kappa shape index (κ2) is 19.3. The molecule has 4 saturated heterocycles. The SMILES string of the molecule is CC(C)(C)c1ccc(-c2cccc(-c3ccc(C(C)(C)C)cc3)c2-c2cc3[c-]c(c2)C2COC4=C5OCC6c7[c-]c(cc(-c8c(-c9ccc(C(C)(C)C)cc9)cccc8-c8ccc(C(C)(C)C)cc8)c7)C7COC8=C9OCC3N9[C](=[Pt]=[C](N42)N56)N87)cc1. The minimum absolute atomic E-state index is 0.0233. The summed E-state index contributed by atoms with van der Waals surface area (Å²) < 4.78 is 30.6. The summed E-state index contributed by atoms with van der Waals surface area (Å²) in [4.78, 5) is 9.98. The van der Waals surface area contributed by atoms with E-state index < -0.39 is 17.6 Å². The standard InChI is InChI=1S/C78H74N4O4.Pt/c1-75(2,3)57-27-19-47(20-28-57)61-15-13-16-62(48-21-29-58(30-22-48)76(4,5)6)69(61)55-37-51-35-52(38-55)66-42-84-72-74-82(46-80(66)72)68(44-86-74)54-36-53(67-43-85-73-71-79(45-81(67)73)65(51)41-83-71)39-56(40-54)70-63(49-23-31-59(32-24-49)77(7,8)9)17-14-18-64(70)50-25-33-60(34-26-50)78(10,11)12;/h13-34,37-40,65-68H,41-44H2,1-12H3;/q-2;. The summed E-state index contributed by atoms with van der Waals surface area (Å²) in [6.07, 6.45) is 0. The average Bonchev–Trinajstić information content (AvgIpc) is 1.55. The van der Waals surface area contributed by atoms with Crippen molar-refractivity contribution >= 4 is 8.29 Å². The van der Waals surface area contributed by atoms with E-state index in [4.69, 9.17) is 18.9 Å². The van der Waals surface area contributed by atoms with E-state index in [0.717, 1.165) is 56.9 Å². The molecule has 0 N–H and O–H groups in total. The van der Waals surface area contributed by atoms with Gasteiger partial charge in [0.1, 0.15) is 0 Å². The molecule has 0 radical (unpaired) electrons. The fraction of sp³-hybridized carbons (Fsp3) is 0.308. The molecule has 0 saturated carbocycles. The van der Waals surface area contributed by atoms with Crippen molar-refractivity contribution in [1.82, 2.24) is 19.6 Å². The van der Waals surface area contributed by atoms with Crippen LogP contribution in [0.4, 0.5) is 0 Å². The number of hydrogen-bond acceptors (Lipinski definition) is 8. The van der Waals surface area contributed by atoms with Crippen LogP contribution in [0.25, 0.3) is 66.8 Å². The van der Waals surface area contributed by atoms with E-state index in [9.17, 15) is 0 Å². The van der Waals surface area contributed by atoms with E-state index in [1.807, 2.05) is 0 Å². The molecule has 442 valence electrons. The Morgan fingerprint density at radius 1 is 0.322 bits per heavy atom. The van der Waals surface area contributed by atoms with Crippen LogP contribution in [0.2, 0.25) is 0 Å². The van der Waals surface area contributed by atoms with Gasteiger partial charge in [-0.2, -0.15) is 0 Å². The van der Waals surface area contributed by atoms with Gasteiger partial charge >= 0.3 is 420 Å². The van der Waals surface area contributed by atoms with Crippen LogP contribution < -0.4 is 0 Å². The molecule has 0 amide bonds. The number of rotatable bonds is 6. The van der Waals surface area contributed by atoms with Crippen molar-refractivity contribution < 1.29 is 36.6 Å². The van der Waals surface area contributed by atoms with Crippen LogP contribution in [-0.4, -0.2) is 54.3 Å². The van der Waals surface area contributed by atoms with Crippen LogP contribution in [0.3, 0.4) is 0 Å². The third-order valence-corrected chi connectivity index (χ3v) is 22.3. The van der Waals surface area contributed by atoms with Crippen molar-refractivity contribution in [2.24, 2.45) is 0 Å². The maximum absolute atomic E-state index is 7.05. The Balaban J connectivity index is 0.883. The number of ether oxygens (including phenoxy) is 4. The number of nitrogens with zero attached hydrogens (tertiary/aromatic N) is 4. The van der Waals surface area contributed by atoms with Crippen molar-refractivity contribution in [3.8, 4) is 66.8 Å². The van der Waals surface area contributed by atoms with E-state index in [0.29, 0.717) is 26.4 Å². The third kappa shape index (κ3) is 8.68.